The molecule has 28 heavy (non-hydrogen) atoms. The third-order valence-corrected chi connectivity index (χ3v) is 5.13. The monoisotopic (exact) mass is 375 g/mol. The van der Waals surface area contributed by atoms with Gasteiger partial charge in [0, 0.05) is 16.5 Å². The van der Waals surface area contributed by atoms with Crippen LogP contribution < -0.4 is 9.47 Å². The first-order chi connectivity index (χ1) is 13.6. The Bertz CT molecular complexity index is 1070. The van der Waals surface area contributed by atoms with E-state index < -0.39 is 0 Å². The van der Waals surface area contributed by atoms with Gasteiger partial charge in [0.05, 0.1) is 18.9 Å². The summed E-state index contributed by atoms with van der Waals surface area (Å²) in [6.45, 7) is 7.13. The first kappa shape index (κ1) is 18.4. The van der Waals surface area contributed by atoms with Crippen molar-refractivity contribution in [3.63, 3.8) is 0 Å². The number of ether oxygens (including phenoxy) is 2. The maximum Gasteiger partial charge on any atom is 0.205 e. The Hall–Kier alpha value is -3.01. The number of ketones is 1. The van der Waals surface area contributed by atoms with Crippen LogP contribution in [0, 0.1) is 6.92 Å². The summed E-state index contributed by atoms with van der Waals surface area (Å²) >= 11 is 0. The number of aromatic nitrogens is 1. The number of aryl methyl sites for hydroxylation is 2. The summed E-state index contributed by atoms with van der Waals surface area (Å²) < 4.78 is 11.3. The largest absolute Gasteiger partial charge is 0.490 e. The summed E-state index contributed by atoms with van der Waals surface area (Å²) in [6.07, 6.45) is 3.58. The molecular formula is C24H25NO3. The Morgan fingerprint density at radius 1 is 1.00 bits per heavy atom. The molecule has 1 N–H and O–H groups in total. The number of rotatable bonds is 5. The second kappa shape index (κ2) is 7.55. The molecule has 0 unspecified atom stereocenters. The van der Waals surface area contributed by atoms with Gasteiger partial charge in [0.2, 0.25) is 5.78 Å². The highest BCUT2D eigenvalue weighted by Gasteiger charge is 2.26. The van der Waals surface area contributed by atoms with Gasteiger partial charge in [0.25, 0.3) is 0 Å². The molecule has 4 nitrogen and oxygen atoms in total. The minimum atomic E-state index is 0.0851. The lowest BCUT2D eigenvalue weighted by atomic mass is 9.89. The second-order valence-corrected chi connectivity index (χ2v) is 7.10. The molecule has 0 amide bonds. The van der Waals surface area contributed by atoms with Crippen molar-refractivity contribution in [2.75, 3.05) is 13.2 Å². The highest BCUT2D eigenvalue weighted by Crippen LogP contribution is 2.34. The van der Waals surface area contributed by atoms with Crippen molar-refractivity contribution in [2.45, 2.75) is 33.6 Å². The molecular weight excluding hydrogens is 350 g/mol. The van der Waals surface area contributed by atoms with Crippen LogP contribution in [-0.4, -0.2) is 24.0 Å². The van der Waals surface area contributed by atoms with E-state index in [-0.39, 0.29) is 5.78 Å². The average Bonchev–Trinajstić information content (AvgIpc) is 3.05. The molecule has 4 heteroatoms. The minimum absolute atomic E-state index is 0.0851. The standard InChI is InChI=1S/C24H25NO3/c1-4-27-21-11-7-16(14-22(21)28-5-2)13-17-8-9-18-19-12-15(3)6-10-20(19)25-23(18)24(17)26/h6-7,10-14,25H,4-5,8-9H2,1-3H3/b17-13+. The number of hydrogen-bond donors (Lipinski definition) is 1. The first-order valence-electron chi connectivity index (χ1n) is 9.86. The third-order valence-electron chi connectivity index (χ3n) is 5.13. The van der Waals surface area contributed by atoms with Crippen LogP contribution in [0.4, 0.5) is 0 Å². The van der Waals surface area contributed by atoms with E-state index in [4.69, 9.17) is 9.47 Å². The van der Waals surface area contributed by atoms with Crippen molar-refractivity contribution in [1.82, 2.24) is 4.98 Å². The Kier molecular flexibility index (Phi) is 4.95. The number of Topliss-reactive ketones (excluding diaryl/α,β-unsaturated/α-hetero) is 1. The van der Waals surface area contributed by atoms with E-state index in [1.54, 1.807) is 0 Å². The lowest BCUT2D eigenvalue weighted by Gasteiger charge is -2.15. The molecule has 0 atom stereocenters. The molecule has 1 aromatic heterocycles. The second-order valence-electron chi connectivity index (χ2n) is 7.10. The van der Waals surface area contributed by atoms with Gasteiger partial charge in [-0.3, -0.25) is 4.79 Å². The fraction of sp³-hybridized carbons (Fsp3) is 0.292. The zero-order valence-electron chi connectivity index (χ0n) is 16.6. The summed E-state index contributed by atoms with van der Waals surface area (Å²) in [5, 5.41) is 1.17. The number of carbonyl (C=O) groups is 1. The lowest BCUT2D eigenvalue weighted by molar-refractivity contribution is 0.102. The van der Waals surface area contributed by atoms with Crippen molar-refractivity contribution < 1.29 is 14.3 Å². The van der Waals surface area contributed by atoms with Gasteiger partial charge in [0.1, 0.15) is 0 Å². The van der Waals surface area contributed by atoms with Crippen LogP contribution in [0.15, 0.2) is 42.0 Å². The Balaban J connectivity index is 1.69. The summed E-state index contributed by atoms with van der Waals surface area (Å²) in [7, 11) is 0. The van der Waals surface area contributed by atoms with E-state index in [0.717, 1.165) is 46.5 Å². The van der Waals surface area contributed by atoms with E-state index in [2.05, 4.69) is 30.1 Å². The highest BCUT2D eigenvalue weighted by atomic mass is 16.5. The normalized spacial score (nSPS) is 15.1. The first-order valence-corrected chi connectivity index (χ1v) is 9.86. The van der Waals surface area contributed by atoms with Crippen LogP contribution in [0.1, 0.15) is 47.4 Å². The molecule has 4 rings (SSSR count). The van der Waals surface area contributed by atoms with E-state index in [0.29, 0.717) is 19.0 Å². The summed E-state index contributed by atoms with van der Waals surface area (Å²) in [6, 6.07) is 12.1. The molecule has 144 valence electrons. The molecule has 0 saturated heterocycles. The maximum atomic E-state index is 13.1. The van der Waals surface area contributed by atoms with Gasteiger partial charge in [-0.05, 0) is 75.1 Å². The van der Waals surface area contributed by atoms with Gasteiger partial charge < -0.3 is 14.5 Å². The number of aromatic amines is 1. The molecule has 0 saturated carbocycles. The SMILES string of the molecule is CCOc1ccc(/C=C2\CCc3c([nH]c4ccc(C)cc34)C2=O)cc1OCC. The number of allylic oxidation sites excluding steroid dienone is 1. The Morgan fingerprint density at radius 3 is 2.57 bits per heavy atom. The number of H-pyrrole nitrogens is 1. The van der Waals surface area contributed by atoms with E-state index in [9.17, 15) is 4.79 Å². The average molecular weight is 375 g/mol. The Morgan fingerprint density at radius 2 is 1.79 bits per heavy atom. The predicted molar refractivity (Wildman–Crippen MR) is 112 cm³/mol. The van der Waals surface area contributed by atoms with Crippen LogP contribution >= 0.6 is 0 Å². The molecule has 0 radical (unpaired) electrons. The third kappa shape index (κ3) is 3.31. The number of fused-ring (bicyclic) bond motifs is 3. The molecule has 1 aliphatic rings. The summed E-state index contributed by atoms with van der Waals surface area (Å²) in [5.41, 5.74) is 5.88. The molecule has 2 aromatic carbocycles. The fourth-order valence-corrected chi connectivity index (χ4v) is 3.85. The van der Waals surface area contributed by atoms with E-state index in [1.807, 2.05) is 38.1 Å². The van der Waals surface area contributed by atoms with Gasteiger partial charge >= 0.3 is 0 Å². The molecule has 0 aliphatic heterocycles. The van der Waals surface area contributed by atoms with Crippen molar-refractivity contribution in [3.05, 3.63) is 64.4 Å². The van der Waals surface area contributed by atoms with Gasteiger partial charge in [-0.25, -0.2) is 0 Å². The molecule has 3 aromatic rings. The van der Waals surface area contributed by atoms with E-state index >= 15 is 0 Å². The molecule has 0 bridgehead atoms. The molecule has 0 spiro atoms. The van der Waals surface area contributed by atoms with Crippen molar-refractivity contribution >= 4 is 22.8 Å². The number of hydrogen-bond acceptors (Lipinski definition) is 3. The van der Waals surface area contributed by atoms with Crippen molar-refractivity contribution in [2.24, 2.45) is 0 Å². The van der Waals surface area contributed by atoms with Crippen molar-refractivity contribution in [1.29, 1.82) is 0 Å². The van der Waals surface area contributed by atoms with Crippen LogP contribution in [0.2, 0.25) is 0 Å². The van der Waals surface area contributed by atoms with Gasteiger partial charge in [-0.2, -0.15) is 0 Å². The van der Waals surface area contributed by atoms with Crippen LogP contribution in [0.3, 0.4) is 0 Å². The topological polar surface area (TPSA) is 51.3 Å². The maximum absolute atomic E-state index is 13.1. The smallest absolute Gasteiger partial charge is 0.205 e. The number of carbonyl (C=O) groups excluding carboxylic acids is 1. The van der Waals surface area contributed by atoms with Crippen LogP contribution in [0.5, 0.6) is 11.5 Å². The zero-order chi connectivity index (χ0) is 19.7. The van der Waals surface area contributed by atoms with Gasteiger partial charge in [0.15, 0.2) is 11.5 Å². The summed E-state index contributed by atoms with van der Waals surface area (Å²) in [5.74, 6) is 1.53. The molecule has 0 fully saturated rings. The lowest BCUT2D eigenvalue weighted by Crippen LogP contribution is -2.13. The number of benzene rings is 2. The van der Waals surface area contributed by atoms with Crippen molar-refractivity contribution in [3.8, 4) is 11.5 Å². The predicted octanol–water partition coefficient (Wildman–Crippen LogP) is 5.49. The fourth-order valence-electron chi connectivity index (χ4n) is 3.85. The molecule has 1 heterocycles. The van der Waals surface area contributed by atoms with E-state index in [1.165, 1.54) is 10.9 Å². The zero-order valence-corrected chi connectivity index (χ0v) is 16.6. The van der Waals surface area contributed by atoms with Crippen LogP contribution in [-0.2, 0) is 6.42 Å². The summed E-state index contributed by atoms with van der Waals surface area (Å²) in [4.78, 5) is 16.4. The number of nitrogens with one attached hydrogen (secondary N) is 1. The molecule has 1 aliphatic carbocycles. The van der Waals surface area contributed by atoms with Gasteiger partial charge in [-0.15, -0.1) is 0 Å². The Labute approximate surface area is 165 Å². The minimum Gasteiger partial charge on any atom is -0.490 e. The van der Waals surface area contributed by atoms with Gasteiger partial charge in [-0.1, -0.05) is 17.7 Å². The van der Waals surface area contributed by atoms with Crippen LogP contribution in [0.25, 0.3) is 17.0 Å². The quantitative estimate of drug-likeness (QED) is 0.600. The highest BCUT2D eigenvalue weighted by molar-refractivity contribution is 6.15.